The van der Waals surface area contributed by atoms with E-state index in [0.717, 1.165) is 23.8 Å². The van der Waals surface area contributed by atoms with Crippen LogP contribution in [0.3, 0.4) is 0 Å². The lowest BCUT2D eigenvalue weighted by Crippen LogP contribution is -2.42. The Balaban J connectivity index is 0.00000144. The van der Waals surface area contributed by atoms with Crippen LogP contribution in [0, 0.1) is 0 Å². The number of nitrogens with two attached hydrogens (primary N) is 1. The maximum Gasteiger partial charge on any atom is 0.289 e. The van der Waals surface area contributed by atoms with Gasteiger partial charge in [0.1, 0.15) is 5.76 Å². The second kappa shape index (κ2) is 9.36. The van der Waals surface area contributed by atoms with Crippen LogP contribution >= 0.6 is 36.6 Å². The number of imidazole rings is 1. The van der Waals surface area contributed by atoms with E-state index >= 15 is 0 Å². The van der Waals surface area contributed by atoms with Crippen molar-refractivity contribution in [3.8, 4) is 0 Å². The zero-order chi connectivity index (χ0) is 15.5. The maximum atomic E-state index is 12.4. The highest BCUT2D eigenvalue weighted by Crippen LogP contribution is 2.23. The highest BCUT2D eigenvalue weighted by Gasteiger charge is 2.23. The second-order valence-electron chi connectivity index (χ2n) is 5.50. The first kappa shape index (κ1) is 20.9. The molecule has 1 aliphatic heterocycles. The van der Waals surface area contributed by atoms with E-state index < -0.39 is 0 Å². The van der Waals surface area contributed by atoms with Crippen molar-refractivity contribution in [2.24, 2.45) is 12.8 Å². The molecule has 2 N–H and O–H groups in total. The fourth-order valence-electron chi connectivity index (χ4n) is 2.46. The van der Waals surface area contributed by atoms with E-state index in [4.69, 9.17) is 10.2 Å². The van der Waals surface area contributed by atoms with Crippen LogP contribution in [0.2, 0.25) is 0 Å². The molecule has 0 spiro atoms. The number of piperidine rings is 1. The predicted octanol–water partition coefficient (Wildman–Crippen LogP) is 2.71. The van der Waals surface area contributed by atoms with Crippen LogP contribution in [-0.2, 0) is 12.8 Å². The molecule has 1 saturated heterocycles. The lowest BCUT2D eigenvalue weighted by atomic mass is 10.1. The quantitative estimate of drug-likeness (QED) is 0.809. The van der Waals surface area contributed by atoms with Gasteiger partial charge in [-0.3, -0.25) is 4.79 Å². The molecule has 0 bridgehead atoms. The van der Waals surface area contributed by atoms with Crippen molar-refractivity contribution in [3.05, 3.63) is 36.0 Å². The summed E-state index contributed by atoms with van der Waals surface area (Å²) in [7, 11) is 1.95. The molecule has 1 fully saturated rings. The molecule has 0 radical (unpaired) electrons. The number of nitrogens with zero attached hydrogens (tertiary/aromatic N) is 3. The van der Waals surface area contributed by atoms with E-state index in [0.29, 0.717) is 24.6 Å². The largest absolute Gasteiger partial charge is 0.455 e. The molecule has 0 unspecified atom stereocenters. The van der Waals surface area contributed by atoms with Gasteiger partial charge in [0.25, 0.3) is 5.91 Å². The summed E-state index contributed by atoms with van der Waals surface area (Å²) < 4.78 is 7.64. The average Bonchev–Trinajstić information content (AvgIpc) is 3.14. The van der Waals surface area contributed by atoms with Crippen LogP contribution in [0.25, 0.3) is 0 Å². The third-order valence-corrected chi connectivity index (χ3v) is 4.90. The van der Waals surface area contributed by atoms with Crippen LogP contribution in [-0.4, -0.2) is 39.5 Å². The van der Waals surface area contributed by atoms with Gasteiger partial charge in [0.15, 0.2) is 10.9 Å². The molecule has 2 aromatic heterocycles. The van der Waals surface area contributed by atoms with Crippen LogP contribution in [0.15, 0.2) is 34.1 Å². The summed E-state index contributed by atoms with van der Waals surface area (Å²) in [6.45, 7) is 1.41. The van der Waals surface area contributed by atoms with Crippen molar-refractivity contribution in [3.63, 3.8) is 0 Å². The molecule has 0 atom stereocenters. The molecule has 3 rings (SSSR count). The van der Waals surface area contributed by atoms with E-state index in [2.05, 4.69) is 4.98 Å². The number of hydrogen-bond donors (Lipinski definition) is 1. The predicted molar refractivity (Wildman–Crippen MR) is 99.1 cm³/mol. The van der Waals surface area contributed by atoms with Crippen LogP contribution in [0.5, 0.6) is 0 Å². The Morgan fingerprint density at radius 3 is 2.71 bits per heavy atom. The number of carbonyl (C=O) groups excluding carboxylic acids is 1. The van der Waals surface area contributed by atoms with Gasteiger partial charge in [-0.25, -0.2) is 4.98 Å². The smallest absolute Gasteiger partial charge is 0.289 e. The van der Waals surface area contributed by atoms with E-state index in [1.54, 1.807) is 24.0 Å². The molecule has 1 amide bonds. The standard InChI is InChI=1S/C15H20N4O2S.2ClH/c1-18-9-6-17-15(18)22-10-12-2-3-13(21-12)14(20)19-7-4-11(16)5-8-19;;/h2-3,6,9,11H,4-5,7-8,10,16H2,1H3;2*1H. The molecule has 3 heterocycles. The Labute approximate surface area is 158 Å². The van der Waals surface area contributed by atoms with Crippen molar-refractivity contribution in [2.45, 2.75) is 29.8 Å². The van der Waals surface area contributed by atoms with E-state index in [-0.39, 0.29) is 36.8 Å². The van der Waals surface area contributed by atoms with Crippen LogP contribution < -0.4 is 5.73 Å². The molecule has 1 aliphatic rings. The van der Waals surface area contributed by atoms with E-state index in [1.165, 1.54) is 0 Å². The Hall–Kier alpha value is -1.15. The molecule has 24 heavy (non-hydrogen) atoms. The van der Waals surface area contributed by atoms with Crippen LogP contribution in [0.1, 0.15) is 29.2 Å². The summed E-state index contributed by atoms with van der Waals surface area (Å²) >= 11 is 1.58. The Kier molecular flexibility index (Phi) is 8.15. The molecular formula is C15H22Cl2N4O2S. The minimum absolute atomic E-state index is 0. The molecule has 6 nitrogen and oxygen atoms in total. The molecule has 134 valence electrons. The minimum Gasteiger partial charge on any atom is -0.455 e. The first-order valence-electron chi connectivity index (χ1n) is 7.37. The fourth-order valence-corrected chi connectivity index (χ4v) is 3.28. The number of thioether (sulfide) groups is 1. The van der Waals surface area contributed by atoms with Gasteiger partial charge in [-0.15, -0.1) is 24.8 Å². The normalized spacial score (nSPS) is 14.8. The molecule has 0 saturated carbocycles. The van der Waals surface area contributed by atoms with Gasteiger partial charge in [0.2, 0.25) is 0 Å². The minimum atomic E-state index is -0.0415. The number of aromatic nitrogens is 2. The highest BCUT2D eigenvalue weighted by atomic mass is 35.5. The topological polar surface area (TPSA) is 77.3 Å². The Morgan fingerprint density at radius 2 is 2.08 bits per heavy atom. The average molecular weight is 393 g/mol. The number of rotatable bonds is 4. The van der Waals surface area contributed by atoms with Crippen molar-refractivity contribution in [2.75, 3.05) is 13.1 Å². The van der Waals surface area contributed by atoms with Crippen molar-refractivity contribution < 1.29 is 9.21 Å². The van der Waals surface area contributed by atoms with Gasteiger partial charge in [-0.1, -0.05) is 11.8 Å². The van der Waals surface area contributed by atoms with E-state index in [9.17, 15) is 4.79 Å². The van der Waals surface area contributed by atoms with Crippen molar-refractivity contribution in [1.82, 2.24) is 14.5 Å². The molecule has 9 heteroatoms. The zero-order valence-corrected chi connectivity index (χ0v) is 15.8. The molecule has 2 aromatic rings. The second-order valence-corrected chi connectivity index (χ2v) is 6.45. The number of hydrogen-bond acceptors (Lipinski definition) is 5. The summed E-state index contributed by atoms with van der Waals surface area (Å²) in [5.41, 5.74) is 5.87. The molecule has 0 aliphatic carbocycles. The maximum absolute atomic E-state index is 12.4. The first-order valence-corrected chi connectivity index (χ1v) is 8.36. The van der Waals surface area contributed by atoms with Gasteiger partial charge >= 0.3 is 0 Å². The monoisotopic (exact) mass is 392 g/mol. The van der Waals surface area contributed by atoms with Crippen molar-refractivity contribution >= 4 is 42.5 Å². The zero-order valence-electron chi connectivity index (χ0n) is 13.4. The first-order chi connectivity index (χ1) is 10.6. The molecule has 0 aromatic carbocycles. The summed E-state index contributed by atoms with van der Waals surface area (Å²) in [4.78, 5) is 18.4. The number of aryl methyl sites for hydroxylation is 1. The number of halogens is 2. The summed E-state index contributed by atoms with van der Waals surface area (Å²) in [6.07, 6.45) is 5.38. The van der Waals surface area contributed by atoms with Gasteiger partial charge in [0.05, 0.1) is 5.75 Å². The third-order valence-electron chi connectivity index (χ3n) is 3.82. The third kappa shape index (κ3) is 4.92. The fraction of sp³-hybridized carbons (Fsp3) is 0.467. The summed E-state index contributed by atoms with van der Waals surface area (Å²) in [5.74, 6) is 1.80. The number of likely N-dealkylation sites (tertiary alicyclic amines) is 1. The van der Waals surface area contributed by atoms with E-state index in [1.807, 2.05) is 28.8 Å². The summed E-state index contributed by atoms with van der Waals surface area (Å²) in [6, 6.07) is 3.83. The van der Waals surface area contributed by atoms with Crippen molar-refractivity contribution in [1.29, 1.82) is 0 Å². The van der Waals surface area contributed by atoms with Gasteiger partial charge in [-0.2, -0.15) is 0 Å². The number of furan rings is 1. The van der Waals surface area contributed by atoms with Gasteiger partial charge in [0, 0.05) is 38.6 Å². The van der Waals surface area contributed by atoms with Gasteiger partial charge in [-0.05, 0) is 25.0 Å². The number of carbonyl (C=O) groups is 1. The highest BCUT2D eigenvalue weighted by molar-refractivity contribution is 7.98. The lowest BCUT2D eigenvalue weighted by molar-refractivity contribution is 0.0681. The van der Waals surface area contributed by atoms with Crippen LogP contribution in [0.4, 0.5) is 0 Å². The molecular weight excluding hydrogens is 371 g/mol. The Morgan fingerprint density at radius 1 is 1.38 bits per heavy atom. The Bertz CT molecular complexity index is 653. The SMILES string of the molecule is Cl.Cl.Cn1ccnc1SCc1ccc(C(=O)N2CCC(N)CC2)o1. The number of amides is 1. The lowest BCUT2D eigenvalue weighted by Gasteiger charge is -2.29. The van der Waals surface area contributed by atoms with Gasteiger partial charge < -0.3 is 19.6 Å². The summed E-state index contributed by atoms with van der Waals surface area (Å²) in [5, 5.41) is 0.925.